The minimum Gasteiger partial charge on any atom is -0.392 e. The van der Waals surface area contributed by atoms with Gasteiger partial charge in [-0.05, 0) is 31.0 Å². The second-order valence-electron chi connectivity index (χ2n) is 3.84. The van der Waals surface area contributed by atoms with E-state index < -0.39 is 0 Å². The summed E-state index contributed by atoms with van der Waals surface area (Å²) >= 11 is 0. The van der Waals surface area contributed by atoms with Gasteiger partial charge in [-0.15, -0.1) is 0 Å². The maximum atomic E-state index is 10.9. The van der Waals surface area contributed by atoms with Gasteiger partial charge in [0.05, 0.1) is 12.3 Å². The number of aliphatic hydroxyl groups is 1. The molecule has 0 amide bonds. The number of allylic oxidation sites excluding steroid dienone is 4. The molecule has 2 rings (SSSR count). The van der Waals surface area contributed by atoms with E-state index in [9.17, 15) is 9.90 Å². The van der Waals surface area contributed by atoms with Gasteiger partial charge in [0.15, 0.2) is 6.29 Å². The second-order valence-corrected chi connectivity index (χ2v) is 3.84. The first-order chi connectivity index (χ1) is 8.76. The second kappa shape index (κ2) is 5.36. The fraction of sp³-hybridized carbons (Fsp3) is 0.143. The van der Waals surface area contributed by atoms with Crippen LogP contribution in [0.15, 0.2) is 41.2 Å². The van der Waals surface area contributed by atoms with Crippen LogP contribution in [0.4, 0.5) is 0 Å². The molecular weight excluding hydrogens is 228 g/mol. The number of aromatic nitrogens is 1. The van der Waals surface area contributed by atoms with Gasteiger partial charge in [0.2, 0.25) is 0 Å². The van der Waals surface area contributed by atoms with E-state index in [1.807, 2.05) is 13.0 Å². The number of aliphatic hydroxyl groups excluding tert-OH is 1. The Labute approximate surface area is 105 Å². The van der Waals surface area contributed by atoms with Gasteiger partial charge < -0.3 is 5.11 Å². The number of aldehydes is 1. The Bertz CT molecular complexity index is 606. The van der Waals surface area contributed by atoms with Crippen LogP contribution in [-0.2, 0) is 6.61 Å². The molecule has 4 heteroatoms. The first-order valence-electron chi connectivity index (χ1n) is 5.48. The Morgan fingerprint density at radius 3 is 3.06 bits per heavy atom. The topological polar surface area (TPSA) is 62.5 Å². The highest BCUT2D eigenvalue weighted by molar-refractivity contribution is 5.85. The molecule has 18 heavy (non-hydrogen) atoms. The Hall–Kier alpha value is -2.29. The fourth-order valence-electron chi connectivity index (χ4n) is 1.75. The zero-order valence-corrected chi connectivity index (χ0v) is 9.92. The molecule has 0 radical (unpaired) electrons. The summed E-state index contributed by atoms with van der Waals surface area (Å²) in [6.07, 6.45) is 7.52. The number of aliphatic imine (C=N–C) groups is 1. The van der Waals surface area contributed by atoms with Crippen molar-refractivity contribution in [1.82, 2.24) is 4.98 Å². The first kappa shape index (κ1) is 12.2. The fourth-order valence-corrected chi connectivity index (χ4v) is 1.75. The van der Waals surface area contributed by atoms with Crippen LogP contribution in [0.25, 0.3) is 5.57 Å². The average molecular weight is 240 g/mol. The summed E-state index contributed by atoms with van der Waals surface area (Å²) in [6.45, 7) is 1.64. The maximum absolute atomic E-state index is 10.9. The number of hydrogen-bond donors (Lipinski definition) is 1. The number of rotatable bonds is 3. The van der Waals surface area contributed by atoms with Crippen LogP contribution in [0, 0.1) is 0 Å². The van der Waals surface area contributed by atoms with Crippen LogP contribution in [0.3, 0.4) is 0 Å². The number of carbonyl (C=O) groups excluding carboxylic acids is 1. The van der Waals surface area contributed by atoms with E-state index in [2.05, 4.69) is 15.8 Å². The standard InChI is InChI=1S/C14H12N2O2/c1-10-6-11(2-4-15-7-10)14-13(9-18)12(8-17)3-5-16-14/h2-6,8,18H,9H2,1H3. The number of nitrogens with zero attached hydrogens (tertiary/aromatic N) is 2. The zero-order chi connectivity index (χ0) is 13.0. The third-order valence-electron chi connectivity index (χ3n) is 2.59. The first-order valence-corrected chi connectivity index (χ1v) is 5.48. The quantitative estimate of drug-likeness (QED) is 0.821. The summed E-state index contributed by atoms with van der Waals surface area (Å²) in [7, 11) is 0. The average Bonchev–Trinajstić information content (AvgIpc) is 2.62. The molecule has 1 aliphatic heterocycles. The molecule has 2 heterocycles. The minimum atomic E-state index is -0.230. The molecule has 1 N–H and O–H groups in total. The van der Waals surface area contributed by atoms with E-state index in [1.165, 1.54) is 0 Å². The third-order valence-corrected chi connectivity index (χ3v) is 2.59. The molecule has 0 aromatic carbocycles. The highest BCUT2D eigenvalue weighted by atomic mass is 16.3. The van der Waals surface area contributed by atoms with Crippen molar-refractivity contribution >= 4 is 17.7 Å². The van der Waals surface area contributed by atoms with Gasteiger partial charge >= 0.3 is 0 Å². The van der Waals surface area contributed by atoms with Crippen molar-refractivity contribution in [3.05, 3.63) is 53.0 Å². The lowest BCUT2D eigenvalue weighted by molar-refractivity contribution is 0.112. The maximum Gasteiger partial charge on any atom is 0.150 e. The predicted octanol–water partition coefficient (Wildman–Crippen LogP) is 1.91. The molecule has 0 atom stereocenters. The molecule has 0 saturated carbocycles. The van der Waals surface area contributed by atoms with Crippen LogP contribution in [-0.4, -0.2) is 22.2 Å². The summed E-state index contributed by atoms with van der Waals surface area (Å²) in [5.74, 6) is 2.83. The monoisotopic (exact) mass is 240 g/mol. The van der Waals surface area contributed by atoms with Gasteiger partial charge in [0.25, 0.3) is 0 Å². The number of hydrogen-bond acceptors (Lipinski definition) is 4. The van der Waals surface area contributed by atoms with E-state index in [1.54, 1.807) is 24.5 Å². The van der Waals surface area contributed by atoms with E-state index >= 15 is 0 Å². The van der Waals surface area contributed by atoms with Crippen molar-refractivity contribution in [2.75, 3.05) is 0 Å². The summed E-state index contributed by atoms with van der Waals surface area (Å²) in [6, 6.07) is 1.59. The molecule has 0 fully saturated rings. The summed E-state index contributed by atoms with van der Waals surface area (Å²) in [5, 5.41) is 9.40. The molecule has 0 aliphatic carbocycles. The summed E-state index contributed by atoms with van der Waals surface area (Å²) in [4.78, 5) is 19.1. The van der Waals surface area contributed by atoms with Crippen molar-refractivity contribution in [1.29, 1.82) is 0 Å². The largest absolute Gasteiger partial charge is 0.392 e. The third kappa shape index (κ3) is 2.35. The van der Waals surface area contributed by atoms with Crippen LogP contribution in [0.1, 0.15) is 28.5 Å². The van der Waals surface area contributed by atoms with E-state index in [-0.39, 0.29) is 6.61 Å². The smallest absolute Gasteiger partial charge is 0.150 e. The van der Waals surface area contributed by atoms with Crippen molar-refractivity contribution in [3.63, 3.8) is 0 Å². The lowest BCUT2D eigenvalue weighted by Crippen LogP contribution is -2.01. The molecule has 1 aromatic heterocycles. The molecule has 90 valence electrons. The lowest BCUT2D eigenvalue weighted by atomic mass is 10.0. The van der Waals surface area contributed by atoms with E-state index in [4.69, 9.17) is 0 Å². The van der Waals surface area contributed by atoms with Gasteiger partial charge in [-0.3, -0.25) is 9.78 Å². The van der Waals surface area contributed by atoms with Crippen LogP contribution < -0.4 is 0 Å². The zero-order valence-electron chi connectivity index (χ0n) is 9.92. The molecule has 0 bridgehead atoms. The highest BCUT2D eigenvalue weighted by Gasteiger charge is 2.11. The van der Waals surface area contributed by atoms with Gasteiger partial charge in [0, 0.05) is 34.7 Å². The Morgan fingerprint density at radius 2 is 2.33 bits per heavy atom. The Balaban J connectivity index is 2.59. The highest BCUT2D eigenvalue weighted by Crippen LogP contribution is 2.22. The Morgan fingerprint density at radius 1 is 1.50 bits per heavy atom. The van der Waals surface area contributed by atoms with Gasteiger partial charge in [-0.1, -0.05) is 0 Å². The SMILES string of the molecule is CC1=C=NC=CC(c2nccc(C=O)c2CO)=C1. The normalized spacial score (nSPS) is 13.9. The number of carbonyl (C=O) groups is 1. The summed E-state index contributed by atoms with van der Waals surface area (Å²) in [5.41, 5.74) is 3.23. The molecule has 0 spiro atoms. The van der Waals surface area contributed by atoms with E-state index in [0.717, 1.165) is 17.4 Å². The lowest BCUT2D eigenvalue weighted by Gasteiger charge is -2.09. The molecule has 1 aromatic rings. The van der Waals surface area contributed by atoms with Gasteiger partial charge in [0.1, 0.15) is 0 Å². The van der Waals surface area contributed by atoms with E-state index in [0.29, 0.717) is 16.8 Å². The predicted molar refractivity (Wildman–Crippen MR) is 69.3 cm³/mol. The molecular formula is C14H12N2O2. The van der Waals surface area contributed by atoms with Crippen molar-refractivity contribution < 1.29 is 9.90 Å². The van der Waals surface area contributed by atoms with Gasteiger partial charge in [-0.25, -0.2) is 4.99 Å². The van der Waals surface area contributed by atoms with Gasteiger partial charge in [-0.2, -0.15) is 0 Å². The van der Waals surface area contributed by atoms with Crippen molar-refractivity contribution in [2.24, 2.45) is 4.99 Å². The van der Waals surface area contributed by atoms with Crippen LogP contribution in [0.5, 0.6) is 0 Å². The molecule has 0 unspecified atom stereocenters. The van der Waals surface area contributed by atoms with Crippen molar-refractivity contribution in [2.45, 2.75) is 13.5 Å². The Kier molecular flexibility index (Phi) is 3.63. The molecule has 4 nitrogen and oxygen atoms in total. The van der Waals surface area contributed by atoms with Crippen LogP contribution >= 0.6 is 0 Å². The minimum absolute atomic E-state index is 0.230. The van der Waals surface area contributed by atoms with Crippen LogP contribution in [0.2, 0.25) is 0 Å². The summed E-state index contributed by atoms with van der Waals surface area (Å²) < 4.78 is 0. The molecule has 0 saturated heterocycles. The number of pyridine rings is 1. The molecule has 1 aliphatic rings. The van der Waals surface area contributed by atoms with Crippen molar-refractivity contribution in [3.8, 4) is 0 Å².